The molecule has 0 fully saturated rings. The Bertz CT molecular complexity index is 249. The fourth-order valence-corrected chi connectivity index (χ4v) is 1.61. The highest BCUT2D eigenvalue weighted by Gasteiger charge is 1.92. The Morgan fingerprint density at radius 3 is 2.44 bits per heavy atom. The number of aromatic nitrogens is 1. The van der Waals surface area contributed by atoms with Crippen LogP contribution in [0.4, 0.5) is 0 Å². The molecule has 1 aromatic heterocycles. The maximum atomic E-state index is 4.01. The van der Waals surface area contributed by atoms with Crippen LogP contribution in [0.3, 0.4) is 0 Å². The molecule has 0 unspecified atom stereocenters. The minimum absolute atomic E-state index is 1.07. The van der Waals surface area contributed by atoms with Gasteiger partial charge in [-0.2, -0.15) is 0 Å². The van der Waals surface area contributed by atoms with E-state index in [1.165, 1.54) is 18.4 Å². The average molecular weight is 221 g/mol. The lowest BCUT2D eigenvalue weighted by Gasteiger charge is -2.05. The maximum Gasteiger partial charge on any atom is 0.0270 e. The van der Waals surface area contributed by atoms with Gasteiger partial charge in [-0.15, -0.1) is 0 Å². The van der Waals surface area contributed by atoms with Gasteiger partial charge in [-0.1, -0.05) is 6.92 Å². The van der Waals surface area contributed by atoms with Crippen molar-refractivity contribution in [2.24, 2.45) is 0 Å². The van der Waals surface area contributed by atoms with Crippen molar-refractivity contribution in [2.45, 2.75) is 26.2 Å². The molecule has 0 saturated heterocycles. The van der Waals surface area contributed by atoms with E-state index in [2.05, 4.69) is 34.7 Å². The molecule has 2 N–H and O–H groups in total. The molecule has 0 amide bonds. The van der Waals surface area contributed by atoms with Crippen molar-refractivity contribution in [3.8, 4) is 0 Å². The van der Waals surface area contributed by atoms with Crippen molar-refractivity contribution < 1.29 is 0 Å². The van der Waals surface area contributed by atoms with Crippen LogP contribution in [0, 0.1) is 0 Å². The molecule has 1 aromatic rings. The fraction of sp³-hybridized carbons (Fsp3) is 0.615. The normalized spacial score (nSPS) is 10.6. The van der Waals surface area contributed by atoms with Crippen LogP contribution in [0.25, 0.3) is 0 Å². The van der Waals surface area contributed by atoms with Crippen LogP contribution in [-0.2, 0) is 6.42 Å². The Labute approximate surface area is 98.7 Å². The molecule has 1 rings (SSSR count). The van der Waals surface area contributed by atoms with Crippen molar-refractivity contribution in [1.82, 2.24) is 15.6 Å². The van der Waals surface area contributed by atoms with Gasteiger partial charge in [0, 0.05) is 12.4 Å². The summed E-state index contributed by atoms with van der Waals surface area (Å²) < 4.78 is 0. The largest absolute Gasteiger partial charge is 0.317 e. The molecular weight excluding hydrogens is 198 g/mol. The van der Waals surface area contributed by atoms with E-state index in [4.69, 9.17) is 0 Å². The van der Waals surface area contributed by atoms with Gasteiger partial charge in [-0.25, -0.2) is 0 Å². The molecule has 0 saturated carbocycles. The van der Waals surface area contributed by atoms with E-state index in [1.54, 1.807) is 0 Å². The second-order valence-corrected chi connectivity index (χ2v) is 3.92. The van der Waals surface area contributed by atoms with Gasteiger partial charge in [-0.05, 0) is 63.1 Å². The minimum Gasteiger partial charge on any atom is -0.317 e. The molecule has 0 aromatic carbocycles. The molecule has 90 valence electrons. The Kier molecular flexibility index (Phi) is 7.64. The molecule has 0 radical (unpaired) electrons. The summed E-state index contributed by atoms with van der Waals surface area (Å²) in [6.45, 7) is 6.55. The van der Waals surface area contributed by atoms with Crippen LogP contribution < -0.4 is 10.6 Å². The second-order valence-electron chi connectivity index (χ2n) is 3.92. The van der Waals surface area contributed by atoms with Crippen molar-refractivity contribution in [3.63, 3.8) is 0 Å². The monoisotopic (exact) mass is 221 g/mol. The molecule has 0 bridgehead atoms. The predicted molar refractivity (Wildman–Crippen MR) is 68.6 cm³/mol. The Balaban J connectivity index is 1.89. The van der Waals surface area contributed by atoms with Crippen molar-refractivity contribution in [2.75, 3.05) is 26.2 Å². The topological polar surface area (TPSA) is 37.0 Å². The van der Waals surface area contributed by atoms with E-state index in [-0.39, 0.29) is 0 Å². The molecule has 0 atom stereocenters. The molecule has 0 aliphatic carbocycles. The fourth-order valence-electron chi connectivity index (χ4n) is 1.61. The highest BCUT2D eigenvalue weighted by Crippen LogP contribution is 1.99. The predicted octanol–water partition coefficient (Wildman–Crippen LogP) is 1.60. The summed E-state index contributed by atoms with van der Waals surface area (Å²) in [6, 6.07) is 4.18. The third-order valence-corrected chi connectivity index (χ3v) is 2.53. The zero-order chi connectivity index (χ0) is 11.5. The number of pyridine rings is 1. The zero-order valence-corrected chi connectivity index (χ0v) is 10.2. The summed E-state index contributed by atoms with van der Waals surface area (Å²) >= 11 is 0. The molecular formula is C13H23N3. The summed E-state index contributed by atoms with van der Waals surface area (Å²) in [6.07, 6.45) is 7.27. The zero-order valence-electron chi connectivity index (χ0n) is 10.2. The quantitative estimate of drug-likeness (QED) is 0.622. The smallest absolute Gasteiger partial charge is 0.0270 e. The summed E-state index contributed by atoms with van der Waals surface area (Å²) in [4.78, 5) is 4.01. The number of nitrogens with one attached hydrogen (secondary N) is 2. The first kappa shape index (κ1) is 13.1. The summed E-state index contributed by atoms with van der Waals surface area (Å²) in [5.74, 6) is 0. The number of rotatable bonds is 9. The van der Waals surface area contributed by atoms with E-state index in [0.29, 0.717) is 0 Å². The molecule has 0 spiro atoms. The van der Waals surface area contributed by atoms with Crippen LogP contribution in [0.5, 0.6) is 0 Å². The standard InChI is InChI=1S/C13H23N3/c1-2-14-9-4-10-15-8-3-5-13-6-11-16-12-7-13/h6-7,11-12,14-15H,2-5,8-10H2,1H3. The van der Waals surface area contributed by atoms with Gasteiger partial charge >= 0.3 is 0 Å². The first-order valence-electron chi connectivity index (χ1n) is 6.24. The van der Waals surface area contributed by atoms with Gasteiger partial charge in [0.25, 0.3) is 0 Å². The third-order valence-electron chi connectivity index (χ3n) is 2.53. The number of hydrogen-bond acceptors (Lipinski definition) is 3. The lowest BCUT2D eigenvalue weighted by Crippen LogP contribution is -2.22. The lowest BCUT2D eigenvalue weighted by atomic mass is 10.1. The molecule has 16 heavy (non-hydrogen) atoms. The summed E-state index contributed by atoms with van der Waals surface area (Å²) in [5, 5.41) is 6.78. The highest BCUT2D eigenvalue weighted by atomic mass is 14.9. The maximum absolute atomic E-state index is 4.01. The average Bonchev–Trinajstić information content (AvgIpc) is 2.34. The van der Waals surface area contributed by atoms with Crippen LogP contribution in [0.15, 0.2) is 24.5 Å². The highest BCUT2D eigenvalue weighted by molar-refractivity contribution is 5.09. The van der Waals surface area contributed by atoms with Gasteiger partial charge in [0.1, 0.15) is 0 Å². The summed E-state index contributed by atoms with van der Waals surface area (Å²) in [5.41, 5.74) is 1.38. The van der Waals surface area contributed by atoms with Crippen molar-refractivity contribution in [1.29, 1.82) is 0 Å². The Morgan fingerprint density at radius 1 is 1.00 bits per heavy atom. The van der Waals surface area contributed by atoms with Gasteiger partial charge in [0.15, 0.2) is 0 Å². The van der Waals surface area contributed by atoms with E-state index in [1.807, 2.05) is 12.4 Å². The minimum atomic E-state index is 1.07. The van der Waals surface area contributed by atoms with E-state index in [9.17, 15) is 0 Å². The van der Waals surface area contributed by atoms with Crippen LogP contribution in [0.1, 0.15) is 25.3 Å². The Morgan fingerprint density at radius 2 is 1.69 bits per heavy atom. The first-order valence-corrected chi connectivity index (χ1v) is 6.24. The molecule has 3 heteroatoms. The van der Waals surface area contributed by atoms with E-state index >= 15 is 0 Å². The number of hydrogen-bond donors (Lipinski definition) is 2. The van der Waals surface area contributed by atoms with Crippen LogP contribution in [-0.4, -0.2) is 31.2 Å². The van der Waals surface area contributed by atoms with E-state index < -0.39 is 0 Å². The SMILES string of the molecule is CCNCCCNCCCc1ccncc1. The van der Waals surface area contributed by atoms with Gasteiger partial charge in [-0.3, -0.25) is 4.98 Å². The van der Waals surface area contributed by atoms with Crippen LogP contribution in [0.2, 0.25) is 0 Å². The van der Waals surface area contributed by atoms with Gasteiger partial charge in [0.2, 0.25) is 0 Å². The van der Waals surface area contributed by atoms with Gasteiger partial charge < -0.3 is 10.6 Å². The van der Waals surface area contributed by atoms with Crippen molar-refractivity contribution in [3.05, 3.63) is 30.1 Å². The molecule has 0 aliphatic rings. The van der Waals surface area contributed by atoms with E-state index in [0.717, 1.165) is 32.6 Å². The Hall–Kier alpha value is -0.930. The lowest BCUT2D eigenvalue weighted by molar-refractivity contribution is 0.592. The van der Waals surface area contributed by atoms with Crippen LogP contribution >= 0.6 is 0 Å². The first-order chi connectivity index (χ1) is 7.93. The van der Waals surface area contributed by atoms with Crippen molar-refractivity contribution >= 4 is 0 Å². The molecule has 1 heterocycles. The third kappa shape index (κ3) is 6.53. The second kappa shape index (κ2) is 9.31. The number of aryl methyl sites for hydroxylation is 1. The molecule has 0 aliphatic heterocycles. The van der Waals surface area contributed by atoms with Gasteiger partial charge in [0.05, 0.1) is 0 Å². The summed E-state index contributed by atoms with van der Waals surface area (Å²) in [7, 11) is 0. The number of nitrogens with zero attached hydrogens (tertiary/aromatic N) is 1. The molecule has 3 nitrogen and oxygen atoms in total.